The van der Waals surface area contributed by atoms with Crippen molar-refractivity contribution in [2.24, 2.45) is 0 Å². The number of carbonyl (C=O) groups is 2. The third kappa shape index (κ3) is 6.47. The molecule has 0 spiro atoms. The van der Waals surface area contributed by atoms with Gasteiger partial charge in [-0.1, -0.05) is 24.3 Å². The Hall–Kier alpha value is -3.02. The second-order valence-electron chi connectivity index (χ2n) is 5.98. The third-order valence-corrected chi connectivity index (χ3v) is 3.72. The maximum absolute atomic E-state index is 11.9. The lowest BCUT2D eigenvalue weighted by atomic mass is 10.1. The molecule has 0 atom stereocenters. The van der Waals surface area contributed by atoms with E-state index >= 15 is 0 Å². The SMILES string of the molecule is Cc1ccc(C)c(OCC(=O)NCCc2ccc(OCC(=O)O)cc2)c1. The van der Waals surface area contributed by atoms with Crippen molar-refractivity contribution in [2.75, 3.05) is 19.8 Å². The molecular weight excluding hydrogens is 334 g/mol. The highest BCUT2D eigenvalue weighted by Crippen LogP contribution is 2.18. The minimum Gasteiger partial charge on any atom is -0.483 e. The van der Waals surface area contributed by atoms with Crippen LogP contribution in [-0.4, -0.2) is 36.7 Å². The van der Waals surface area contributed by atoms with Crippen molar-refractivity contribution in [3.63, 3.8) is 0 Å². The van der Waals surface area contributed by atoms with E-state index in [4.69, 9.17) is 14.6 Å². The van der Waals surface area contributed by atoms with Gasteiger partial charge in [-0.3, -0.25) is 4.79 Å². The van der Waals surface area contributed by atoms with Gasteiger partial charge in [-0.15, -0.1) is 0 Å². The molecule has 0 radical (unpaired) electrons. The average molecular weight is 357 g/mol. The number of carboxylic acids is 1. The van der Waals surface area contributed by atoms with E-state index in [1.807, 2.05) is 44.2 Å². The summed E-state index contributed by atoms with van der Waals surface area (Å²) in [6.07, 6.45) is 0.661. The zero-order valence-electron chi connectivity index (χ0n) is 15.0. The van der Waals surface area contributed by atoms with Gasteiger partial charge in [-0.2, -0.15) is 0 Å². The summed E-state index contributed by atoms with van der Waals surface area (Å²) in [5.41, 5.74) is 3.10. The standard InChI is InChI=1S/C20H23NO5/c1-14-3-4-15(2)18(11-14)26-12-19(22)21-10-9-16-5-7-17(8-6-16)25-13-20(23)24/h3-8,11H,9-10,12-13H2,1-2H3,(H,21,22)(H,23,24). The topological polar surface area (TPSA) is 84.9 Å². The fourth-order valence-corrected chi connectivity index (χ4v) is 2.30. The van der Waals surface area contributed by atoms with Gasteiger partial charge in [0.1, 0.15) is 11.5 Å². The molecule has 0 saturated heterocycles. The van der Waals surface area contributed by atoms with Gasteiger partial charge < -0.3 is 19.9 Å². The minimum atomic E-state index is -1.01. The van der Waals surface area contributed by atoms with Crippen LogP contribution >= 0.6 is 0 Å². The lowest BCUT2D eigenvalue weighted by molar-refractivity contribution is -0.139. The summed E-state index contributed by atoms with van der Waals surface area (Å²) in [5, 5.41) is 11.4. The number of ether oxygens (including phenoxy) is 2. The van der Waals surface area contributed by atoms with Crippen molar-refractivity contribution >= 4 is 11.9 Å². The average Bonchev–Trinajstić information content (AvgIpc) is 2.61. The van der Waals surface area contributed by atoms with Gasteiger partial charge in [0.25, 0.3) is 5.91 Å². The number of aryl methyl sites for hydroxylation is 2. The Balaban J connectivity index is 1.71. The number of amides is 1. The van der Waals surface area contributed by atoms with Crippen LogP contribution < -0.4 is 14.8 Å². The second kappa shape index (κ2) is 9.46. The van der Waals surface area contributed by atoms with Crippen LogP contribution in [0.25, 0.3) is 0 Å². The lowest BCUT2D eigenvalue weighted by Gasteiger charge is -2.10. The fourth-order valence-electron chi connectivity index (χ4n) is 2.30. The summed E-state index contributed by atoms with van der Waals surface area (Å²) < 4.78 is 10.6. The van der Waals surface area contributed by atoms with E-state index in [-0.39, 0.29) is 19.1 Å². The molecule has 0 aliphatic heterocycles. The van der Waals surface area contributed by atoms with Gasteiger partial charge in [-0.25, -0.2) is 4.79 Å². The zero-order valence-corrected chi connectivity index (χ0v) is 15.0. The predicted octanol–water partition coefficient (Wildman–Crippen LogP) is 2.50. The van der Waals surface area contributed by atoms with Crippen LogP contribution in [0, 0.1) is 13.8 Å². The molecule has 0 fully saturated rings. The molecule has 2 N–H and O–H groups in total. The van der Waals surface area contributed by atoms with Crippen LogP contribution in [0.3, 0.4) is 0 Å². The van der Waals surface area contributed by atoms with Crippen LogP contribution in [-0.2, 0) is 16.0 Å². The van der Waals surface area contributed by atoms with E-state index < -0.39 is 5.97 Å². The van der Waals surface area contributed by atoms with Crippen molar-refractivity contribution < 1.29 is 24.2 Å². The maximum atomic E-state index is 11.9. The monoisotopic (exact) mass is 357 g/mol. The molecule has 1 amide bonds. The number of carboxylic acid groups (broad SMARTS) is 1. The Morgan fingerprint density at radius 1 is 1.00 bits per heavy atom. The lowest BCUT2D eigenvalue weighted by Crippen LogP contribution is -2.30. The Labute approximate surface area is 152 Å². The summed E-state index contributed by atoms with van der Waals surface area (Å²) in [6, 6.07) is 13.0. The summed E-state index contributed by atoms with van der Waals surface area (Å²) >= 11 is 0. The number of hydrogen-bond acceptors (Lipinski definition) is 4. The first-order chi connectivity index (χ1) is 12.4. The van der Waals surface area contributed by atoms with E-state index in [2.05, 4.69) is 5.32 Å². The van der Waals surface area contributed by atoms with Crippen LogP contribution in [0.15, 0.2) is 42.5 Å². The van der Waals surface area contributed by atoms with Gasteiger partial charge in [-0.05, 0) is 55.2 Å². The van der Waals surface area contributed by atoms with Gasteiger partial charge in [0, 0.05) is 6.54 Å². The maximum Gasteiger partial charge on any atom is 0.341 e. The van der Waals surface area contributed by atoms with Crippen molar-refractivity contribution in [2.45, 2.75) is 20.3 Å². The number of carbonyl (C=O) groups excluding carboxylic acids is 1. The fraction of sp³-hybridized carbons (Fsp3) is 0.300. The normalized spacial score (nSPS) is 10.2. The van der Waals surface area contributed by atoms with Gasteiger partial charge in [0.15, 0.2) is 13.2 Å². The highest BCUT2D eigenvalue weighted by molar-refractivity contribution is 5.77. The molecule has 0 aliphatic rings. The first-order valence-corrected chi connectivity index (χ1v) is 8.34. The molecule has 0 aliphatic carbocycles. The smallest absolute Gasteiger partial charge is 0.341 e. The Bertz CT molecular complexity index is 755. The number of benzene rings is 2. The van der Waals surface area contributed by atoms with Gasteiger partial charge in [0.05, 0.1) is 0 Å². The molecule has 2 rings (SSSR count). The summed E-state index contributed by atoms with van der Waals surface area (Å²) in [5.74, 6) is 0.0337. The van der Waals surface area contributed by atoms with Crippen molar-refractivity contribution in [1.82, 2.24) is 5.32 Å². The van der Waals surface area contributed by atoms with Gasteiger partial charge in [0.2, 0.25) is 0 Å². The Morgan fingerprint density at radius 3 is 2.42 bits per heavy atom. The molecule has 6 nitrogen and oxygen atoms in total. The molecule has 0 bridgehead atoms. The van der Waals surface area contributed by atoms with Crippen LogP contribution in [0.5, 0.6) is 11.5 Å². The Kier molecular flexibility index (Phi) is 7.02. The van der Waals surface area contributed by atoms with E-state index in [1.165, 1.54) is 0 Å². The quantitative estimate of drug-likeness (QED) is 0.720. The molecule has 6 heteroatoms. The number of hydrogen-bond donors (Lipinski definition) is 2. The third-order valence-electron chi connectivity index (χ3n) is 3.72. The molecule has 0 saturated carbocycles. The first-order valence-electron chi connectivity index (χ1n) is 8.34. The zero-order chi connectivity index (χ0) is 18.9. The predicted molar refractivity (Wildman–Crippen MR) is 97.7 cm³/mol. The van der Waals surface area contributed by atoms with Crippen LogP contribution in [0.4, 0.5) is 0 Å². The van der Waals surface area contributed by atoms with Gasteiger partial charge >= 0.3 is 5.97 Å². The van der Waals surface area contributed by atoms with Crippen molar-refractivity contribution in [3.8, 4) is 11.5 Å². The number of aliphatic carboxylic acids is 1. The molecule has 26 heavy (non-hydrogen) atoms. The van der Waals surface area contributed by atoms with E-state index in [9.17, 15) is 9.59 Å². The van der Waals surface area contributed by atoms with Crippen LogP contribution in [0.1, 0.15) is 16.7 Å². The first kappa shape index (κ1) is 19.3. The highest BCUT2D eigenvalue weighted by atomic mass is 16.5. The number of nitrogens with one attached hydrogen (secondary N) is 1. The van der Waals surface area contributed by atoms with Crippen LogP contribution in [0.2, 0.25) is 0 Å². The summed E-state index contributed by atoms with van der Waals surface area (Å²) in [4.78, 5) is 22.3. The van der Waals surface area contributed by atoms with Crippen molar-refractivity contribution in [1.29, 1.82) is 0 Å². The van der Waals surface area contributed by atoms with E-state index in [0.29, 0.717) is 18.7 Å². The summed E-state index contributed by atoms with van der Waals surface area (Å²) in [7, 11) is 0. The largest absolute Gasteiger partial charge is 0.483 e. The summed E-state index contributed by atoms with van der Waals surface area (Å²) in [6.45, 7) is 4.02. The van der Waals surface area contributed by atoms with E-state index in [0.717, 1.165) is 22.4 Å². The second-order valence-corrected chi connectivity index (χ2v) is 5.98. The molecule has 0 heterocycles. The molecule has 2 aromatic carbocycles. The molecular formula is C20H23NO5. The van der Waals surface area contributed by atoms with Crippen molar-refractivity contribution in [3.05, 3.63) is 59.2 Å². The Morgan fingerprint density at radius 2 is 1.73 bits per heavy atom. The minimum absolute atomic E-state index is 0.0216. The number of rotatable bonds is 9. The highest BCUT2D eigenvalue weighted by Gasteiger charge is 2.05. The molecule has 2 aromatic rings. The van der Waals surface area contributed by atoms with E-state index in [1.54, 1.807) is 12.1 Å². The molecule has 138 valence electrons. The molecule has 0 aromatic heterocycles. The molecule has 0 unspecified atom stereocenters.